The number of benzene rings is 1. The van der Waals surface area contributed by atoms with Gasteiger partial charge in [-0.2, -0.15) is 0 Å². The molecule has 16 heavy (non-hydrogen) atoms. The van der Waals surface area contributed by atoms with Crippen LogP contribution in [0.25, 0.3) is 0 Å². The van der Waals surface area contributed by atoms with Crippen LogP contribution in [-0.2, 0) is 0 Å². The summed E-state index contributed by atoms with van der Waals surface area (Å²) < 4.78 is 13.1. The van der Waals surface area contributed by atoms with E-state index in [1.807, 2.05) is 0 Å². The lowest BCUT2D eigenvalue weighted by Crippen LogP contribution is -2.21. The van der Waals surface area contributed by atoms with E-state index in [0.29, 0.717) is 11.5 Å². The van der Waals surface area contributed by atoms with Gasteiger partial charge in [0.15, 0.2) is 0 Å². The Morgan fingerprint density at radius 2 is 2.25 bits per heavy atom. The fraction of sp³-hybridized carbons (Fsp3) is 0.538. The van der Waals surface area contributed by atoms with Crippen LogP contribution in [0.4, 0.5) is 10.1 Å². The fourth-order valence-electron chi connectivity index (χ4n) is 2.30. The highest BCUT2D eigenvalue weighted by Crippen LogP contribution is 2.31. The van der Waals surface area contributed by atoms with Crippen LogP contribution >= 0.6 is 0 Å². The number of hydrogen-bond donors (Lipinski definition) is 1. The molecule has 2 nitrogen and oxygen atoms in total. The highest BCUT2D eigenvalue weighted by Gasteiger charge is 2.22. The minimum Gasteiger partial charge on any atom is -0.389 e. The Bertz CT molecular complexity index is 378. The molecular weight excluding hydrogens is 205 g/mol. The van der Waals surface area contributed by atoms with Crippen molar-refractivity contribution in [1.29, 1.82) is 0 Å². The molecule has 0 amide bonds. The van der Waals surface area contributed by atoms with E-state index in [9.17, 15) is 9.50 Å². The molecule has 1 aliphatic heterocycles. The zero-order valence-electron chi connectivity index (χ0n) is 9.78. The molecule has 1 fully saturated rings. The Labute approximate surface area is 95.7 Å². The lowest BCUT2D eigenvalue weighted by molar-refractivity contribution is 0.199. The second-order valence-corrected chi connectivity index (χ2v) is 4.72. The summed E-state index contributed by atoms with van der Waals surface area (Å²) in [5.74, 6) is 0.388. The Morgan fingerprint density at radius 3 is 2.81 bits per heavy atom. The Kier molecular flexibility index (Phi) is 3.15. The molecule has 0 aliphatic carbocycles. The number of aliphatic hydroxyl groups excluding tert-OH is 1. The second-order valence-electron chi connectivity index (χ2n) is 4.72. The Morgan fingerprint density at radius 1 is 1.50 bits per heavy atom. The molecule has 88 valence electrons. The van der Waals surface area contributed by atoms with Gasteiger partial charge in [0.2, 0.25) is 0 Å². The zero-order chi connectivity index (χ0) is 11.7. The number of halogens is 1. The topological polar surface area (TPSA) is 23.5 Å². The minimum absolute atomic E-state index is 0.285. The van der Waals surface area contributed by atoms with Crippen LogP contribution in [-0.4, -0.2) is 18.2 Å². The molecule has 1 aliphatic rings. The first-order chi connectivity index (χ1) is 7.58. The maximum absolute atomic E-state index is 13.1. The van der Waals surface area contributed by atoms with Gasteiger partial charge in [0.05, 0.1) is 6.10 Å². The molecule has 2 unspecified atom stereocenters. The molecule has 1 aromatic rings. The molecule has 2 atom stereocenters. The number of anilines is 1. The summed E-state index contributed by atoms with van der Waals surface area (Å²) in [6.07, 6.45) is 0.540. The van der Waals surface area contributed by atoms with Crippen LogP contribution in [0.5, 0.6) is 0 Å². The summed E-state index contributed by atoms with van der Waals surface area (Å²) in [6.45, 7) is 5.88. The summed E-state index contributed by atoms with van der Waals surface area (Å²) in [6, 6.07) is 4.67. The van der Waals surface area contributed by atoms with E-state index in [-0.39, 0.29) is 5.82 Å². The van der Waals surface area contributed by atoms with Gasteiger partial charge in [-0.05, 0) is 37.5 Å². The van der Waals surface area contributed by atoms with Crippen molar-refractivity contribution in [3.8, 4) is 0 Å². The van der Waals surface area contributed by atoms with Crippen LogP contribution < -0.4 is 4.90 Å². The molecule has 0 spiro atoms. The molecule has 0 aromatic heterocycles. The van der Waals surface area contributed by atoms with Crippen LogP contribution in [0.1, 0.15) is 31.9 Å². The standard InChI is InChI=1S/C13H18FNO/c1-9-5-6-15(8-9)13-4-3-11(14)7-12(13)10(2)16/h3-4,7,9-10,16H,5-6,8H2,1-2H3. The van der Waals surface area contributed by atoms with E-state index in [1.54, 1.807) is 13.0 Å². The van der Waals surface area contributed by atoms with Crippen molar-refractivity contribution in [2.75, 3.05) is 18.0 Å². The average Bonchev–Trinajstić information content (AvgIpc) is 2.64. The predicted octanol–water partition coefficient (Wildman–Crippen LogP) is 2.73. The maximum Gasteiger partial charge on any atom is 0.123 e. The van der Waals surface area contributed by atoms with Crippen LogP contribution in [0.3, 0.4) is 0 Å². The van der Waals surface area contributed by atoms with Gasteiger partial charge >= 0.3 is 0 Å². The van der Waals surface area contributed by atoms with Gasteiger partial charge in [-0.25, -0.2) is 4.39 Å². The first kappa shape index (κ1) is 11.4. The highest BCUT2D eigenvalue weighted by atomic mass is 19.1. The van der Waals surface area contributed by atoms with Crippen LogP contribution in [0.2, 0.25) is 0 Å². The molecule has 1 aromatic carbocycles. The third-order valence-electron chi connectivity index (χ3n) is 3.20. The van der Waals surface area contributed by atoms with Gasteiger partial charge < -0.3 is 10.0 Å². The fourth-order valence-corrected chi connectivity index (χ4v) is 2.30. The molecule has 1 saturated heterocycles. The van der Waals surface area contributed by atoms with Crippen molar-refractivity contribution < 1.29 is 9.50 Å². The molecule has 1 N–H and O–H groups in total. The third kappa shape index (κ3) is 2.19. The monoisotopic (exact) mass is 223 g/mol. The van der Waals surface area contributed by atoms with Crippen molar-refractivity contribution in [2.24, 2.45) is 5.92 Å². The van der Waals surface area contributed by atoms with Crippen LogP contribution in [0.15, 0.2) is 18.2 Å². The average molecular weight is 223 g/mol. The summed E-state index contributed by atoms with van der Waals surface area (Å²) in [4.78, 5) is 2.23. The predicted molar refractivity (Wildman–Crippen MR) is 63.0 cm³/mol. The Balaban J connectivity index is 2.32. The lowest BCUT2D eigenvalue weighted by Gasteiger charge is -2.23. The van der Waals surface area contributed by atoms with Crippen molar-refractivity contribution in [1.82, 2.24) is 0 Å². The molecule has 0 saturated carbocycles. The number of aliphatic hydroxyl groups is 1. The summed E-state index contributed by atoms with van der Waals surface area (Å²) in [7, 11) is 0. The number of rotatable bonds is 2. The van der Waals surface area contributed by atoms with Crippen molar-refractivity contribution >= 4 is 5.69 Å². The number of nitrogens with zero attached hydrogens (tertiary/aromatic N) is 1. The summed E-state index contributed by atoms with van der Waals surface area (Å²) >= 11 is 0. The maximum atomic E-state index is 13.1. The van der Waals surface area contributed by atoms with Crippen LogP contribution in [0, 0.1) is 11.7 Å². The van der Waals surface area contributed by atoms with E-state index in [4.69, 9.17) is 0 Å². The summed E-state index contributed by atoms with van der Waals surface area (Å²) in [5, 5.41) is 9.66. The van der Waals surface area contributed by atoms with Gasteiger partial charge in [0, 0.05) is 24.3 Å². The lowest BCUT2D eigenvalue weighted by atomic mass is 10.1. The molecule has 0 bridgehead atoms. The molecular formula is C13H18FNO. The van der Waals surface area contributed by atoms with Gasteiger partial charge in [-0.1, -0.05) is 6.92 Å². The van der Waals surface area contributed by atoms with E-state index in [0.717, 1.165) is 25.2 Å². The molecule has 3 heteroatoms. The number of hydrogen-bond acceptors (Lipinski definition) is 2. The van der Waals surface area contributed by atoms with Gasteiger partial charge in [0.1, 0.15) is 5.82 Å². The smallest absolute Gasteiger partial charge is 0.123 e. The molecule has 2 rings (SSSR count). The summed E-state index contributed by atoms with van der Waals surface area (Å²) in [5.41, 5.74) is 1.66. The zero-order valence-corrected chi connectivity index (χ0v) is 9.78. The van der Waals surface area contributed by atoms with Crippen molar-refractivity contribution in [2.45, 2.75) is 26.4 Å². The quantitative estimate of drug-likeness (QED) is 0.833. The van der Waals surface area contributed by atoms with Gasteiger partial charge in [0.25, 0.3) is 0 Å². The minimum atomic E-state index is -0.624. The normalized spacial score (nSPS) is 22.5. The Hall–Kier alpha value is -1.09. The largest absolute Gasteiger partial charge is 0.389 e. The van der Waals surface area contributed by atoms with Crippen molar-refractivity contribution in [3.63, 3.8) is 0 Å². The first-order valence-electron chi connectivity index (χ1n) is 5.80. The van der Waals surface area contributed by atoms with Gasteiger partial charge in [-0.3, -0.25) is 0 Å². The van der Waals surface area contributed by atoms with Crippen molar-refractivity contribution in [3.05, 3.63) is 29.6 Å². The van der Waals surface area contributed by atoms with E-state index < -0.39 is 6.10 Å². The molecule has 1 heterocycles. The highest BCUT2D eigenvalue weighted by molar-refractivity contribution is 5.55. The SMILES string of the molecule is CC1CCN(c2ccc(F)cc2C(C)O)C1. The van der Waals surface area contributed by atoms with Gasteiger partial charge in [-0.15, -0.1) is 0 Å². The second kappa shape index (κ2) is 4.42. The van der Waals surface area contributed by atoms with E-state index in [2.05, 4.69) is 11.8 Å². The van der Waals surface area contributed by atoms with E-state index in [1.165, 1.54) is 12.1 Å². The molecule has 0 radical (unpaired) electrons. The third-order valence-corrected chi connectivity index (χ3v) is 3.20. The van der Waals surface area contributed by atoms with E-state index >= 15 is 0 Å². The first-order valence-corrected chi connectivity index (χ1v) is 5.80.